The molecular formula is C20H25NO2. The molecule has 0 saturated heterocycles. The van der Waals surface area contributed by atoms with Gasteiger partial charge in [-0.15, -0.1) is 0 Å². The fraction of sp³-hybridized carbons (Fsp3) is 0.350. The van der Waals surface area contributed by atoms with Gasteiger partial charge in [-0.05, 0) is 50.8 Å². The van der Waals surface area contributed by atoms with Crippen molar-refractivity contribution < 1.29 is 9.53 Å². The molecule has 2 aromatic carbocycles. The lowest BCUT2D eigenvalue weighted by Crippen LogP contribution is -2.36. The lowest BCUT2D eigenvalue weighted by Gasteiger charge is -2.15. The Hall–Kier alpha value is -2.29. The van der Waals surface area contributed by atoms with Gasteiger partial charge < -0.3 is 10.1 Å². The molecule has 0 radical (unpaired) electrons. The Balaban J connectivity index is 1.73. The van der Waals surface area contributed by atoms with Crippen molar-refractivity contribution in [2.45, 2.75) is 39.7 Å². The molecule has 0 fully saturated rings. The topological polar surface area (TPSA) is 38.3 Å². The van der Waals surface area contributed by atoms with Crippen molar-refractivity contribution in [3.63, 3.8) is 0 Å². The van der Waals surface area contributed by atoms with Crippen LogP contribution in [-0.4, -0.2) is 18.6 Å². The molecule has 0 aliphatic heterocycles. The van der Waals surface area contributed by atoms with Crippen molar-refractivity contribution in [1.29, 1.82) is 0 Å². The number of rotatable bonds is 7. The van der Waals surface area contributed by atoms with Crippen molar-refractivity contribution >= 4 is 5.91 Å². The number of carbonyl (C=O) groups is 1. The van der Waals surface area contributed by atoms with Crippen LogP contribution in [0.25, 0.3) is 0 Å². The molecule has 2 aromatic rings. The lowest BCUT2D eigenvalue weighted by atomic mass is 10.1. The molecule has 3 heteroatoms. The predicted octanol–water partition coefficient (Wildman–Crippen LogP) is 3.82. The van der Waals surface area contributed by atoms with E-state index < -0.39 is 0 Å². The highest BCUT2D eigenvalue weighted by atomic mass is 16.5. The van der Waals surface area contributed by atoms with Crippen LogP contribution < -0.4 is 10.1 Å². The standard InChI is InChI=1S/C20H25NO2/c1-15-9-12-19(16(2)13-15)23-14-20(22)21-17(3)10-11-18-7-5-4-6-8-18/h4-9,12-13,17H,10-11,14H2,1-3H3,(H,21,22)/t17-/m0/s1. The van der Waals surface area contributed by atoms with E-state index in [1.165, 1.54) is 11.1 Å². The van der Waals surface area contributed by atoms with Gasteiger partial charge >= 0.3 is 0 Å². The van der Waals surface area contributed by atoms with Gasteiger partial charge in [0.1, 0.15) is 5.75 Å². The van der Waals surface area contributed by atoms with Gasteiger partial charge in [-0.25, -0.2) is 0 Å². The second-order valence-corrected chi connectivity index (χ2v) is 6.05. The van der Waals surface area contributed by atoms with E-state index in [4.69, 9.17) is 4.74 Å². The van der Waals surface area contributed by atoms with Crippen LogP contribution in [0.4, 0.5) is 0 Å². The van der Waals surface area contributed by atoms with E-state index in [1.807, 2.05) is 51.1 Å². The normalized spacial score (nSPS) is 11.8. The van der Waals surface area contributed by atoms with Crippen molar-refractivity contribution in [3.05, 3.63) is 65.2 Å². The first-order chi connectivity index (χ1) is 11.0. The Morgan fingerprint density at radius 3 is 2.57 bits per heavy atom. The molecule has 0 aromatic heterocycles. The highest BCUT2D eigenvalue weighted by Gasteiger charge is 2.09. The Morgan fingerprint density at radius 2 is 1.87 bits per heavy atom. The summed E-state index contributed by atoms with van der Waals surface area (Å²) >= 11 is 0. The van der Waals surface area contributed by atoms with Crippen LogP contribution in [0.2, 0.25) is 0 Å². The molecule has 0 heterocycles. The summed E-state index contributed by atoms with van der Waals surface area (Å²) < 4.78 is 5.61. The first-order valence-electron chi connectivity index (χ1n) is 8.08. The predicted molar refractivity (Wildman–Crippen MR) is 93.8 cm³/mol. The first-order valence-corrected chi connectivity index (χ1v) is 8.08. The number of nitrogens with one attached hydrogen (secondary N) is 1. The number of hydrogen-bond donors (Lipinski definition) is 1. The van der Waals surface area contributed by atoms with Crippen LogP contribution in [0.5, 0.6) is 5.75 Å². The molecule has 1 amide bonds. The lowest BCUT2D eigenvalue weighted by molar-refractivity contribution is -0.123. The summed E-state index contributed by atoms with van der Waals surface area (Å²) in [4.78, 5) is 12.0. The molecule has 2 rings (SSSR count). The third-order valence-electron chi connectivity index (χ3n) is 3.81. The van der Waals surface area contributed by atoms with Gasteiger partial charge in [0, 0.05) is 6.04 Å². The van der Waals surface area contributed by atoms with E-state index in [0.717, 1.165) is 24.2 Å². The number of aryl methyl sites for hydroxylation is 3. The number of ether oxygens (including phenoxy) is 1. The van der Waals surface area contributed by atoms with Gasteiger partial charge in [0.2, 0.25) is 0 Å². The minimum absolute atomic E-state index is 0.0551. The molecule has 0 unspecified atom stereocenters. The van der Waals surface area contributed by atoms with Crippen LogP contribution in [-0.2, 0) is 11.2 Å². The molecule has 0 spiro atoms. The number of benzene rings is 2. The molecule has 1 N–H and O–H groups in total. The van der Waals surface area contributed by atoms with Gasteiger partial charge in [-0.1, -0.05) is 48.0 Å². The quantitative estimate of drug-likeness (QED) is 0.844. The molecule has 0 saturated carbocycles. The van der Waals surface area contributed by atoms with Crippen LogP contribution >= 0.6 is 0 Å². The smallest absolute Gasteiger partial charge is 0.258 e. The fourth-order valence-corrected chi connectivity index (χ4v) is 2.52. The zero-order valence-electron chi connectivity index (χ0n) is 14.1. The number of amides is 1. The highest BCUT2D eigenvalue weighted by molar-refractivity contribution is 5.77. The van der Waals surface area contributed by atoms with E-state index in [2.05, 4.69) is 23.5 Å². The summed E-state index contributed by atoms with van der Waals surface area (Å²) in [6.45, 7) is 6.11. The third kappa shape index (κ3) is 5.78. The van der Waals surface area contributed by atoms with Gasteiger partial charge in [0.25, 0.3) is 5.91 Å². The Bertz CT molecular complexity index is 637. The van der Waals surface area contributed by atoms with Crippen LogP contribution in [0.15, 0.2) is 48.5 Å². The third-order valence-corrected chi connectivity index (χ3v) is 3.81. The Kier molecular flexibility index (Phi) is 6.21. The first kappa shape index (κ1) is 17.1. The minimum atomic E-state index is -0.0782. The second-order valence-electron chi connectivity index (χ2n) is 6.05. The Morgan fingerprint density at radius 1 is 1.13 bits per heavy atom. The van der Waals surface area contributed by atoms with E-state index >= 15 is 0 Å². The molecule has 3 nitrogen and oxygen atoms in total. The van der Waals surface area contributed by atoms with E-state index in [1.54, 1.807) is 0 Å². The van der Waals surface area contributed by atoms with Crippen LogP contribution in [0.3, 0.4) is 0 Å². The van der Waals surface area contributed by atoms with Crippen molar-refractivity contribution in [1.82, 2.24) is 5.32 Å². The van der Waals surface area contributed by atoms with Gasteiger partial charge in [0.15, 0.2) is 6.61 Å². The Labute approximate surface area is 138 Å². The summed E-state index contributed by atoms with van der Waals surface area (Å²) in [5.74, 6) is 0.688. The van der Waals surface area contributed by atoms with Crippen molar-refractivity contribution in [3.8, 4) is 5.75 Å². The number of hydrogen-bond acceptors (Lipinski definition) is 2. The maximum Gasteiger partial charge on any atom is 0.258 e. The molecule has 1 atom stereocenters. The van der Waals surface area contributed by atoms with Crippen molar-refractivity contribution in [2.75, 3.05) is 6.61 Å². The summed E-state index contributed by atoms with van der Waals surface area (Å²) in [5.41, 5.74) is 3.53. The molecule has 23 heavy (non-hydrogen) atoms. The van der Waals surface area contributed by atoms with Crippen molar-refractivity contribution in [2.24, 2.45) is 0 Å². The zero-order valence-corrected chi connectivity index (χ0v) is 14.1. The molecule has 0 aliphatic rings. The second kappa shape index (κ2) is 8.37. The average Bonchev–Trinajstić information content (AvgIpc) is 2.53. The summed E-state index contributed by atoms with van der Waals surface area (Å²) in [6.07, 6.45) is 1.87. The van der Waals surface area contributed by atoms with E-state index in [-0.39, 0.29) is 18.6 Å². The molecular weight excluding hydrogens is 286 g/mol. The average molecular weight is 311 g/mol. The van der Waals surface area contributed by atoms with Gasteiger partial charge in [-0.3, -0.25) is 4.79 Å². The summed E-state index contributed by atoms with van der Waals surface area (Å²) in [7, 11) is 0. The SMILES string of the molecule is Cc1ccc(OCC(=O)N[C@@H](C)CCc2ccccc2)c(C)c1. The van der Waals surface area contributed by atoms with E-state index in [9.17, 15) is 4.79 Å². The molecule has 122 valence electrons. The summed E-state index contributed by atoms with van der Waals surface area (Å²) in [6, 6.07) is 16.4. The largest absolute Gasteiger partial charge is 0.484 e. The highest BCUT2D eigenvalue weighted by Crippen LogP contribution is 2.18. The number of carbonyl (C=O) groups excluding carboxylic acids is 1. The molecule has 0 aliphatic carbocycles. The monoisotopic (exact) mass is 311 g/mol. The zero-order chi connectivity index (χ0) is 16.7. The van der Waals surface area contributed by atoms with E-state index in [0.29, 0.717) is 0 Å². The minimum Gasteiger partial charge on any atom is -0.484 e. The van der Waals surface area contributed by atoms with Crippen LogP contribution in [0, 0.1) is 13.8 Å². The van der Waals surface area contributed by atoms with Crippen LogP contribution in [0.1, 0.15) is 30.0 Å². The molecule has 0 bridgehead atoms. The van der Waals surface area contributed by atoms with Gasteiger partial charge in [0.05, 0.1) is 0 Å². The fourth-order valence-electron chi connectivity index (χ4n) is 2.52. The maximum absolute atomic E-state index is 12.0. The maximum atomic E-state index is 12.0. The summed E-state index contributed by atoms with van der Waals surface area (Å²) in [5, 5.41) is 2.99. The van der Waals surface area contributed by atoms with Gasteiger partial charge in [-0.2, -0.15) is 0 Å².